The van der Waals surface area contributed by atoms with Crippen molar-refractivity contribution in [1.29, 1.82) is 0 Å². The highest BCUT2D eigenvalue weighted by Gasteiger charge is 2.34. The van der Waals surface area contributed by atoms with Crippen molar-refractivity contribution in [2.75, 3.05) is 19.6 Å². The number of nitrogens with one attached hydrogen (secondary N) is 1. The first-order chi connectivity index (χ1) is 11.3. The van der Waals surface area contributed by atoms with Gasteiger partial charge in [-0.2, -0.15) is 4.31 Å². The Labute approximate surface area is 145 Å². The van der Waals surface area contributed by atoms with Gasteiger partial charge in [-0.1, -0.05) is 24.8 Å². The molecule has 0 spiro atoms. The zero-order valence-corrected chi connectivity index (χ0v) is 15.3. The third-order valence-corrected chi connectivity index (χ3v) is 8.13. The fraction of sp³-hybridized carbons (Fsp3) is 0.333. The smallest absolute Gasteiger partial charge is 0.211 e. The summed E-state index contributed by atoms with van der Waals surface area (Å²) < 4.78 is 53.4. The number of benzene rings is 1. The molecule has 1 N–H and O–H groups in total. The normalized spacial score (nSPS) is 19.8. The molecule has 0 aliphatic carbocycles. The molecule has 1 aromatic heterocycles. The fourth-order valence-electron chi connectivity index (χ4n) is 2.77. The fourth-order valence-corrected chi connectivity index (χ4v) is 6.36. The average Bonchev–Trinajstić information content (AvgIpc) is 3.20. The van der Waals surface area contributed by atoms with Crippen LogP contribution in [0.5, 0.6) is 0 Å². The molecule has 3 rings (SSSR count). The largest absolute Gasteiger partial charge is 0.244 e. The Morgan fingerprint density at radius 1 is 1.29 bits per heavy atom. The molecule has 0 bridgehead atoms. The number of thiophene rings is 1. The van der Waals surface area contributed by atoms with Crippen molar-refractivity contribution in [3.8, 4) is 0 Å². The highest BCUT2D eigenvalue weighted by molar-refractivity contribution is 7.92. The maximum absolute atomic E-state index is 12.9. The zero-order valence-electron chi connectivity index (χ0n) is 12.9. The van der Waals surface area contributed by atoms with Gasteiger partial charge in [0.15, 0.2) is 0 Å². The van der Waals surface area contributed by atoms with Crippen LogP contribution in [0.4, 0.5) is 0 Å². The minimum absolute atomic E-state index is 0.0422. The standard InChI is InChI=1S/C15H18N2O4S3/c1-2-23(18,19)16-9-12-7-8-17(10-12)24(20,21)15-11-22-14-6-4-3-5-13(14)15/h2-6,11-12,16H,1,7-10H2. The number of nitrogens with zero attached hydrogens (tertiary/aromatic N) is 1. The summed E-state index contributed by atoms with van der Waals surface area (Å²) in [6.07, 6.45) is 0.626. The van der Waals surface area contributed by atoms with Crippen LogP contribution in [0.2, 0.25) is 0 Å². The Morgan fingerprint density at radius 2 is 2.04 bits per heavy atom. The number of hydrogen-bond donors (Lipinski definition) is 1. The van der Waals surface area contributed by atoms with Crippen LogP contribution in [-0.4, -0.2) is 40.8 Å². The molecule has 0 radical (unpaired) electrons. The molecule has 2 aromatic rings. The molecule has 9 heteroatoms. The van der Waals surface area contributed by atoms with Crippen LogP contribution in [-0.2, 0) is 20.0 Å². The van der Waals surface area contributed by atoms with Gasteiger partial charge >= 0.3 is 0 Å². The zero-order chi connectivity index (χ0) is 17.4. The Morgan fingerprint density at radius 3 is 2.79 bits per heavy atom. The lowest BCUT2D eigenvalue weighted by atomic mass is 10.1. The minimum Gasteiger partial charge on any atom is -0.211 e. The maximum Gasteiger partial charge on any atom is 0.244 e. The Kier molecular flexibility index (Phi) is 4.80. The molecule has 6 nitrogen and oxygen atoms in total. The van der Waals surface area contributed by atoms with Gasteiger partial charge in [-0.05, 0) is 18.4 Å². The van der Waals surface area contributed by atoms with Gasteiger partial charge in [0, 0.05) is 40.5 Å². The lowest BCUT2D eigenvalue weighted by molar-refractivity contribution is 0.455. The van der Waals surface area contributed by atoms with Crippen LogP contribution in [0, 0.1) is 5.92 Å². The molecule has 1 saturated heterocycles. The van der Waals surface area contributed by atoms with Crippen molar-refractivity contribution in [2.24, 2.45) is 5.92 Å². The van der Waals surface area contributed by atoms with Crippen molar-refractivity contribution in [3.63, 3.8) is 0 Å². The van der Waals surface area contributed by atoms with Crippen LogP contribution in [0.3, 0.4) is 0 Å². The number of hydrogen-bond acceptors (Lipinski definition) is 5. The van der Waals surface area contributed by atoms with Crippen LogP contribution in [0.1, 0.15) is 6.42 Å². The first-order valence-corrected chi connectivity index (χ1v) is 11.3. The van der Waals surface area contributed by atoms with Crippen LogP contribution >= 0.6 is 11.3 Å². The molecule has 1 aliphatic heterocycles. The van der Waals surface area contributed by atoms with Crippen molar-refractivity contribution in [3.05, 3.63) is 41.6 Å². The Balaban J connectivity index is 1.76. The molecule has 0 saturated carbocycles. The van der Waals surface area contributed by atoms with Gasteiger partial charge in [-0.3, -0.25) is 0 Å². The third kappa shape index (κ3) is 3.40. The van der Waals surface area contributed by atoms with Crippen LogP contribution < -0.4 is 4.72 Å². The molecule has 0 amide bonds. The first kappa shape index (κ1) is 17.6. The van der Waals surface area contributed by atoms with Gasteiger partial charge in [0.05, 0.1) is 0 Å². The van der Waals surface area contributed by atoms with Gasteiger partial charge in [-0.15, -0.1) is 11.3 Å². The second kappa shape index (κ2) is 6.57. The van der Waals surface area contributed by atoms with Gasteiger partial charge < -0.3 is 0 Å². The highest BCUT2D eigenvalue weighted by Crippen LogP contribution is 2.33. The van der Waals surface area contributed by atoms with Crippen molar-refractivity contribution >= 4 is 41.5 Å². The summed E-state index contributed by atoms with van der Waals surface area (Å²) in [6, 6.07) is 7.41. The van der Waals surface area contributed by atoms with E-state index in [4.69, 9.17) is 0 Å². The van der Waals surface area contributed by atoms with E-state index in [2.05, 4.69) is 11.3 Å². The second-order valence-corrected chi connectivity index (χ2v) is 10.2. The van der Waals surface area contributed by atoms with E-state index in [1.165, 1.54) is 15.6 Å². The molecule has 130 valence electrons. The van der Waals surface area contributed by atoms with E-state index < -0.39 is 20.0 Å². The molecule has 1 fully saturated rings. The minimum atomic E-state index is -3.57. The number of sulfonamides is 2. The molecule has 1 atom stereocenters. The summed E-state index contributed by atoms with van der Waals surface area (Å²) in [4.78, 5) is 0.329. The summed E-state index contributed by atoms with van der Waals surface area (Å²) in [7, 11) is -7.05. The Bertz CT molecular complexity index is 964. The van der Waals surface area contributed by atoms with Crippen molar-refractivity contribution < 1.29 is 16.8 Å². The second-order valence-electron chi connectivity index (χ2n) is 5.67. The maximum atomic E-state index is 12.9. The van der Waals surface area contributed by atoms with Crippen molar-refractivity contribution in [1.82, 2.24) is 9.03 Å². The summed E-state index contributed by atoms with van der Waals surface area (Å²) in [5.74, 6) is -0.0422. The molecule has 1 unspecified atom stereocenters. The molecule has 1 aliphatic rings. The van der Waals surface area contributed by atoms with Gasteiger partial charge in [-0.25, -0.2) is 21.6 Å². The van der Waals surface area contributed by atoms with E-state index in [9.17, 15) is 16.8 Å². The first-order valence-electron chi connectivity index (χ1n) is 7.42. The SMILES string of the molecule is C=CS(=O)(=O)NCC1CCN(S(=O)(=O)c2csc3ccccc23)C1. The summed E-state index contributed by atoms with van der Waals surface area (Å²) >= 11 is 1.41. The van der Waals surface area contributed by atoms with Gasteiger partial charge in [0.1, 0.15) is 4.90 Å². The number of rotatable bonds is 6. The van der Waals surface area contributed by atoms with E-state index in [0.717, 1.165) is 15.5 Å². The molecule has 24 heavy (non-hydrogen) atoms. The molecule has 1 aromatic carbocycles. The third-order valence-electron chi connectivity index (χ3n) is 4.10. The summed E-state index contributed by atoms with van der Waals surface area (Å²) in [5.41, 5.74) is 0. The van der Waals surface area contributed by atoms with E-state index in [0.29, 0.717) is 24.4 Å². The van der Waals surface area contributed by atoms with E-state index >= 15 is 0 Å². The quantitative estimate of drug-likeness (QED) is 0.823. The lowest BCUT2D eigenvalue weighted by Gasteiger charge is -2.16. The topological polar surface area (TPSA) is 83.6 Å². The van der Waals surface area contributed by atoms with E-state index in [1.54, 1.807) is 5.38 Å². The van der Waals surface area contributed by atoms with Crippen LogP contribution in [0.25, 0.3) is 10.1 Å². The van der Waals surface area contributed by atoms with Crippen LogP contribution in [0.15, 0.2) is 46.5 Å². The lowest BCUT2D eigenvalue weighted by Crippen LogP contribution is -2.32. The molecular formula is C15H18N2O4S3. The average molecular weight is 387 g/mol. The molecular weight excluding hydrogens is 368 g/mol. The van der Waals surface area contributed by atoms with E-state index in [-0.39, 0.29) is 12.5 Å². The van der Waals surface area contributed by atoms with Crippen molar-refractivity contribution in [2.45, 2.75) is 11.3 Å². The molecule has 2 heterocycles. The monoisotopic (exact) mass is 386 g/mol. The summed E-state index contributed by atoms with van der Waals surface area (Å²) in [5, 5.41) is 3.26. The predicted molar refractivity (Wildman–Crippen MR) is 95.8 cm³/mol. The predicted octanol–water partition coefficient (Wildman–Crippen LogP) is 1.97. The van der Waals surface area contributed by atoms with Gasteiger partial charge in [0.2, 0.25) is 20.0 Å². The number of fused-ring (bicyclic) bond motifs is 1. The Hall–Kier alpha value is -1.26. The highest BCUT2D eigenvalue weighted by atomic mass is 32.2. The van der Waals surface area contributed by atoms with Gasteiger partial charge in [0.25, 0.3) is 0 Å². The summed E-state index contributed by atoms with van der Waals surface area (Å²) in [6.45, 7) is 4.16. The van der Waals surface area contributed by atoms with E-state index in [1.807, 2.05) is 24.3 Å².